The summed E-state index contributed by atoms with van der Waals surface area (Å²) >= 11 is 1.79. The largest absolute Gasteiger partial charge is 0.486 e. The van der Waals surface area contributed by atoms with Gasteiger partial charge in [0.15, 0.2) is 11.5 Å². The Labute approximate surface area is 128 Å². The lowest BCUT2D eigenvalue weighted by molar-refractivity contribution is 0.172. The maximum absolute atomic E-state index is 6.27. The predicted molar refractivity (Wildman–Crippen MR) is 85.4 cm³/mol. The lowest BCUT2D eigenvalue weighted by Gasteiger charge is -2.28. The Bertz CT molecular complexity index is 638. The number of benzene rings is 1. The van der Waals surface area contributed by atoms with Gasteiger partial charge in [-0.3, -0.25) is 0 Å². The number of nitrogen functional groups attached to an aromatic ring is 1. The highest BCUT2D eigenvalue weighted by Crippen LogP contribution is 2.42. The first-order valence-corrected chi connectivity index (χ1v) is 8.17. The monoisotopic (exact) mass is 302 g/mol. The van der Waals surface area contributed by atoms with Crippen LogP contribution in [0.25, 0.3) is 0 Å². The zero-order valence-electron chi connectivity index (χ0n) is 11.7. The number of hydrogen-bond donors (Lipinski definition) is 1. The second-order valence-corrected chi connectivity index (χ2v) is 6.53. The number of hydrogen-bond acceptors (Lipinski definition) is 5. The van der Waals surface area contributed by atoms with Gasteiger partial charge in [0.25, 0.3) is 0 Å². The number of anilines is 2. The zero-order valence-corrected chi connectivity index (χ0v) is 12.6. The van der Waals surface area contributed by atoms with Crippen LogP contribution in [0.4, 0.5) is 11.4 Å². The maximum Gasteiger partial charge on any atom is 0.163 e. The highest BCUT2D eigenvalue weighted by molar-refractivity contribution is 7.09. The summed E-state index contributed by atoms with van der Waals surface area (Å²) in [4.78, 5) is 3.76. The van der Waals surface area contributed by atoms with E-state index in [1.807, 2.05) is 12.1 Å². The van der Waals surface area contributed by atoms with Crippen molar-refractivity contribution in [3.05, 3.63) is 34.5 Å². The van der Waals surface area contributed by atoms with Gasteiger partial charge in [-0.25, -0.2) is 0 Å². The van der Waals surface area contributed by atoms with E-state index in [2.05, 4.69) is 22.4 Å². The van der Waals surface area contributed by atoms with Crippen molar-refractivity contribution in [2.24, 2.45) is 0 Å². The van der Waals surface area contributed by atoms with Crippen LogP contribution in [0, 0.1) is 0 Å². The van der Waals surface area contributed by atoms with Crippen LogP contribution >= 0.6 is 11.3 Å². The summed E-state index contributed by atoms with van der Waals surface area (Å²) in [6.07, 6.45) is 2.47. The molecule has 4 nitrogen and oxygen atoms in total. The Balaban J connectivity index is 1.68. The Hall–Kier alpha value is -1.88. The normalized spacial score (nSPS) is 16.8. The summed E-state index contributed by atoms with van der Waals surface area (Å²) in [7, 11) is 0. The van der Waals surface area contributed by atoms with Gasteiger partial charge in [0.05, 0.1) is 17.9 Å². The molecule has 2 aliphatic rings. The molecule has 0 spiro atoms. The van der Waals surface area contributed by atoms with Gasteiger partial charge in [-0.1, -0.05) is 6.07 Å². The molecule has 2 heterocycles. The predicted octanol–water partition coefficient (Wildman–Crippen LogP) is 3.27. The fraction of sp³-hybridized carbons (Fsp3) is 0.375. The summed E-state index contributed by atoms with van der Waals surface area (Å²) in [6, 6.07) is 8.80. The molecule has 0 unspecified atom stereocenters. The highest BCUT2D eigenvalue weighted by atomic mass is 32.1. The molecule has 4 rings (SSSR count). The van der Waals surface area contributed by atoms with Crippen molar-refractivity contribution in [2.75, 3.05) is 23.8 Å². The molecule has 1 aromatic heterocycles. The molecule has 5 heteroatoms. The van der Waals surface area contributed by atoms with Gasteiger partial charge in [0.1, 0.15) is 13.2 Å². The minimum Gasteiger partial charge on any atom is -0.486 e. The van der Waals surface area contributed by atoms with Crippen LogP contribution in [0.1, 0.15) is 17.7 Å². The third-order valence-electron chi connectivity index (χ3n) is 3.89. The number of fused-ring (bicyclic) bond motifs is 1. The fourth-order valence-electron chi connectivity index (χ4n) is 2.71. The average molecular weight is 302 g/mol. The van der Waals surface area contributed by atoms with Gasteiger partial charge in [0.2, 0.25) is 0 Å². The van der Waals surface area contributed by atoms with E-state index < -0.39 is 0 Å². The minimum absolute atomic E-state index is 0.591. The summed E-state index contributed by atoms with van der Waals surface area (Å²) in [6.45, 7) is 2.10. The van der Waals surface area contributed by atoms with Gasteiger partial charge in [-0.05, 0) is 24.3 Å². The molecule has 1 aromatic carbocycles. The molecule has 0 amide bonds. The van der Waals surface area contributed by atoms with Crippen LogP contribution in [-0.4, -0.2) is 19.3 Å². The molecule has 0 radical (unpaired) electrons. The van der Waals surface area contributed by atoms with Crippen LogP contribution in [0.5, 0.6) is 11.5 Å². The third-order valence-corrected chi connectivity index (χ3v) is 4.76. The molecule has 1 saturated carbocycles. The standard InChI is InChI=1S/C16H18N2O2S/c17-13-8-15-16(20-6-5-19-15)9-14(13)18(11-3-4-11)10-12-2-1-7-21-12/h1-2,7-9,11H,3-6,10,17H2. The summed E-state index contributed by atoms with van der Waals surface area (Å²) < 4.78 is 11.3. The number of rotatable bonds is 4. The van der Waals surface area contributed by atoms with Crippen molar-refractivity contribution >= 4 is 22.7 Å². The number of nitrogens with two attached hydrogens (primary N) is 1. The lowest BCUT2D eigenvalue weighted by Crippen LogP contribution is -2.26. The quantitative estimate of drug-likeness (QED) is 0.881. The third kappa shape index (κ3) is 2.53. The molecule has 0 atom stereocenters. The van der Waals surface area contributed by atoms with Crippen molar-refractivity contribution < 1.29 is 9.47 Å². The number of thiophene rings is 1. The average Bonchev–Trinajstić information content (AvgIpc) is 3.21. The Morgan fingerprint density at radius 1 is 1.19 bits per heavy atom. The highest BCUT2D eigenvalue weighted by Gasteiger charge is 2.31. The van der Waals surface area contributed by atoms with Crippen molar-refractivity contribution in [3.8, 4) is 11.5 Å². The van der Waals surface area contributed by atoms with Gasteiger partial charge in [-0.2, -0.15) is 0 Å². The second kappa shape index (κ2) is 5.15. The molecular formula is C16H18N2O2S. The molecule has 2 aromatic rings. The molecule has 110 valence electrons. The first-order chi connectivity index (χ1) is 10.3. The van der Waals surface area contributed by atoms with Crippen molar-refractivity contribution in [1.82, 2.24) is 0 Å². The van der Waals surface area contributed by atoms with E-state index >= 15 is 0 Å². The van der Waals surface area contributed by atoms with Crippen LogP contribution in [0.15, 0.2) is 29.6 Å². The van der Waals surface area contributed by atoms with Gasteiger partial charge in [0, 0.05) is 23.1 Å². The van der Waals surface area contributed by atoms with E-state index in [9.17, 15) is 0 Å². The van der Waals surface area contributed by atoms with Crippen LogP contribution in [-0.2, 0) is 6.54 Å². The SMILES string of the molecule is Nc1cc2c(cc1N(Cc1cccs1)C1CC1)OCCO2. The molecule has 1 fully saturated rings. The Kier molecular flexibility index (Phi) is 3.15. The van der Waals surface area contributed by atoms with Gasteiger partial charge in [-0.15, -0.1) is 11.3 Å². The van der Waals surface area contributed by atoms with E-state index in [0.717, 1.165) is 29.4 Å². The van der Waals surface area contributed by atoms with E-state index in [1.165, 1.54) is 17.7 Å². The van der Waals surface area contributed by atoms with Crippen LogP contribution in [0.3, 0.4) is 0 Å². The number of ether oxygens (including phenoxy) is 2. The fourth-order valence-corrected chi connectivity index (χ4v) is 3.41. The van der Waals surface area contributed by atoms with Crippen LogP contribution in [0.2, 0.25) is 0 Å². The first-order valence-electron chi connectivity index (χ1n) is 7.29. The smallest absolute Gasteiger partial charge is 0.163 e. The van der Waals surface area contributed by atoms with Crippen LogP contribution < -0.4 is 20.1 Å². The van der Waals surface area contributed by atoms with Crippen molar-refractivity contribution in [1.29, 1.82) is 0 Å². The first kappa shape index (κ1) is 12.8. The second-order valence-electron chi connectivity index (χ2n) is 5.49. The van der Waals surface area contributed by atoms with E-state index in [1.54, 1.807) is 11.3 Å². The Morgan fingerprint density at radius 2 is 1.95 bits per heavy atom. The molecular weight excluding hydrogens is 284 g/mol. The van der Waals surface area contributed by atoms with Crippen molar-refractivity contribution in [3.63, 3.8) is 0 Å². The van der Waals surface area contributed by atoms with Crippen molar-refractivity contribution in [2.45, 2.75) is 25.4 Å². The number of nitrogens with zero attached hydrogens (tertiary/aromatic N) is 1. The lowest BCUT2D eigenvalue weighted by atomic mass is 10.2. The van der Waals surface area contributed by atoms with E-state index in [4.69, 9.17) is 15.2 Å². The zero-order chi connectivity index (χ0) is 14.2. The van der Waals surface area contributed by atoms with Gasteiger partial charge < -0.3 is 20.1 Å². The van der Waals surface area contributed by atoms with Gasteiger partial charge >= 0.3 is 0 Å². The minimum atomic E-state index is 0.591. The summed E-state index contributed by atoms with van der Waals surface area (Å²) in [5.74, 6) is 1.57. The summed E-state index contributed by atoms with van der Waals surface area (Å²) in [5, 5.41) is 2.12. The molecule has 2 N–H and O–H groups in total. The summed E-state index contributed by atoms with van der Waals surface area (Å²) in [5.41, 5.74) is 8.10. The van der Waals surface area contributed by atoms with E-state index in [-0.39, 0.29) is 0 Å². The molecule has 1 aliphatic heterocycles. The molecule has 1 aliphatic carbocycles. The molecule has 0 saturated heterocycles. The van der Waals surface area contributed by atoms with E-state index in [0.29, 0.717) is 19.3 Å². The maximum atomic E-state index is 6.27. The topological polar surface area (TPSA) is 47.7 Å². The molecule has 0 bridgehead atoms. The Morgan fingerprint density at radius 3 is 2.62 bits per heavy atom. The molecule has 21 heavy (non-hydrogen) atoms.